The molecule has 2 heterocycles. The number of nitrogens with zero attached hydrogens (tertiary/aromatic N) is 2. The molecule has 0 radical (unpaired) electrons. The summed E-state index contributed by atoms with van der Waals surface area (Å²) >= 11 is 6.03. The van der Waals surface area contributed by atoms with Gasteiger partial charge in [-0.25, -0.2) is 4.98 Å². The number of pyridine rings is 1. The maximum Gasteiger partial charge on any atom is 0.417 e. The number of nitrogens with one attached hydrogen (secondary N) is 1. The van der Waals surface area contributed by atoms with Crippen molar-refractivity contribution >= 4 is 29.0 Å². The highest BCUT2D eigenvalue weighted by Crippen LogP contribution is 2.35. The Balaban J connectivity index is 1.87. The van der Waals surface area contributed by atoms with E-state index >= 15 is 0 Å². The zero-order chi connectivity index (χ0) is 18.2. The Hall–Kier alpha value is -2.28. The van der Waals surface area contributed by atoms with Crippen LogP contribution in [-0.2, 0) is 23.9 Å². The Morgan fingerprint density at radius 1 is 1.36 bits per heavy atom. The summed E-state index contributed by atoms with van der Waals surface area (Å²) in [6.07, 6.45) is -3.05. The molecule has 1 aromatic heterocycles. The molecule has 0 bridgehead atoms. The third-order valence-corrected chi connectivity index (χ3v) is 4.30. The predicted molar refractivity (Wildman–Crippen MR) is 89.7 cm³/mol. The average Bonchev–Trinajstić information content (AvgIpc) is 2.53. The van der Waals surface area contributed by atoms with Crippen LogP contribution < -0.4 is 10.2 Å². The van der Waals surface area contributed by atoms with Gasteiger partial charge in [-0.15, -0.1) is 0 Å². The Kier molecular flexibility index (Phi) is 4.60. The zero-order valence-electron chi connectivity index (χ0n) is 13.3. The maximum absolute atomic E-state index is 12.7. The van der Waals surface area contributed by atoms with E-state index in [-0.39, 0.29) is 10.9 Å². The van der Waals surface area contributed by atoms with Crippen molar-refractivity contribution in [2.75, 3.05) is 16.8 Å². The molecule has 1 aliphatic rings. The van der Waals surface area contributed by atoms with Gasteiger partial charge < -0.3 is 10.2 Å². The van der Waals surface area contributed by atoms with Crippen molar-refractivity contribution in [2.45, 2.75) is 26.1 Å². The van der Waals surface area contributed by atoms with Crippen LogP contribution in [-0.4, -0.2) is 17.4 Å². The maximum atomic E-state index is 12.7. The van der Waals surface area contributed by atoms with E-state index in [0.29, 0.717) is 25.3 Å². The lowest BCUT2D eigenvalue weighted by Crippen LogP contribution is -2.32. The molecule has 0 saturated carbocycles. The molecule has 1 aromatic carbocycles. The van der Waals surface area contributed by atoms with Gasteiger partial charge >= 0.3 is 6.18 Å². The van der Waals surface area contributed by atoms with Crippen LogP contribution in [0.25, 0.3) is 0 Å². The summed E-state index contributed by atoms with van der Waals surface area (Å²) in [4.78, 5) is 17.1. The number of fused-ring (bicyclic) bond motifs is 1. The first kappa shape index (κ1) is 17.5. The highest BCUT2D eigenvalue weighted by molar-refractivity contribution is 6.33. The fraction of sp³-hybridized carbons (Fsp3) is 0.294. The molecule has 0 unspecified atom stereocenters. The second kappa shape index (κ2) is 6.55. The monoisotopic (exact) mass is 369 g/mol. The van der Waals surface area contributed by atoms with Gasteiger partial charge in [-0.3, -0.25) is 4.79 Å². The minimum atomic E-state index is -4.48. The van der Waals surface area contributed by atoms with Gasteiger partial charge in [-0.1, -0.05) is 23.7 Å². The number of halogens is 4. The molecule has 0 atom stereocenters. The Morgan fingerprint density at radius 2 is 2.12 bits per heavy atom. The summed E-state index contributed by atoms with van der Waals surface area (Å²) in [7, 11) is 0. The molecular formula is C17H15ClF3N3O. The summed E-state index contributed by atoms with van der Waals surface area (Å²) in [6.45, 7) is 2.45. The van der Waals surface area contributed by atoms with Crippen LogP contribution in [0.2, 0.25) is 5.02 Å². The van der Waals surface area contributed by atoms with Gasteiger partial charge in [0.05, 0.1) is 10.6 Å². The number of carbonyl (C=O) groups excluding carboxylic acids is 1. The molecule has 132 valence electrons. The van der Waals surface area contributed by atoms with Crippen molar-refractivity contribution in [1.29, 1.82) is 0 Å². The minimum absolute atomic E-state index is 0.0312. The normalized spacial score (nSPS) is 14.2. The van der Waals surface area contributed by atoms with Gasteiger partial charge in [0.15, 0.2) is 0 Å². The van der Waals surface area contributed by atoms with Crippen LogP contribution in [0.3, 0.4) is 0 Å². The summed E-state index contributed by atoms with van der Waals surface area (Å²) < 4.78 is 38.2. The summed E-state index contributed by atoms with van der Waals surface area (Å²) in [5.74, 6) is 0.175. The van der Waals surface area contributed by atoms with E-state index in [9.17, 15) is 18.0 Å². The van der Waals surface area contributed by atoms with Gasteiger partial charge in [-0.2, -0.15) is 13.2 Å². The first-order valence-electron chi connectivity index (χ1n) is 7.62. The van der Waals surface area contributed by atoms with E-state index in [1.807, 2.05) is 23.1 Å². The molecule has 1 amide bonds. The number of benzene rings is 1. The number of carbonyl (C=O) groups is 1. The van der Waals surface area contributed by atoms with E-state index in [1.165, 1.54) is 6.92 Å². The van der Waals surface area contributed by atoms with Gasteiger partial charge in [0.25, 0.3) is 0 Å². The van der Waals surface area contributed by atoms with Crippen molar-refractivity contribution in [2.24, 2.45) is 0 Å². The van der Waals surface area contributed by atoms with Gasteiger partial charge in [0, 0.05) is 31.9 Å². The number of rotatable bonds is 2. The number of hydrogen-bond donors (Lipinski definition) is 1. The van der Waals surface area contributed by atoms with E-state index in [1.54, 1.807) is 0 Å². The van der Waals surface area contributed by atoms with Crippen LogP contribution in [0, 0.1) is 0 Å². The predicted octanol–water partition coefficient (Wildman–Crippen LogP) is 4.27. The smallest absolute Gasteiger partial charge is 0.351 e. The Morgan fingerprint density at radius 3 is 2.76 bits per heavy atom. The van der Waals surface area contributed by atoms with Crippen LogP contribution >= 0.6 is 11.6 Å². The van der Waals surface area contributed by atoms with Crippen LogP contribution in [0.4, 0.5) is 24.7 Å². The van der Waals surface area contributed by atoms with Crippen LogP contribution in [0.15, 0.2) is 30.5 Å². The number of alkyl halides is 3. The lowest BCUT2D eigenvalue weighted by Gasteiger charge is -2.31. The molecular weight excluding hydrogens is 355 g/mol. The highest BCUT2D eigenvalue weighted by Gasteiger charge is 2.32. The molecule has 0 saturated heterocycles. The second-order valence-electron chi connectivity index (χ2n) is 5.82. The lowest BCUT2D eigenvalue weighted by molar-refractivity contribution is -0.137. The van der Waals surface area contributed by atoms with E-state index in [0.717, 1.165) is 29.1 Å². The number of aromatic nitrogens is 1. The summed E-state index contributed by atoms with van der Waals surface area (Å²) in [5, 5.41) is 2.77. The van der Waals surface area contributed by atoms with Crippen LogP contribution in [0.5, 0.6) is 0 Å². The number of amides is 1. The molecule has 25 heavy (non-hydrogen) atoms. The molecule has 0 fully saturated rings. The lowest BCUT2D eigenvalue weighted by atomic mass is 9.97. The molecule has 0 aliphatic carbocycles. The summed E-state index contributed by atoms with van der Waals surface area (Å²) in [6, 6.07) is 6.48. The number of hydrogen-bond acceptors (Lipinski definition) is 3. The minimum Gasteiger partial charge on any atom is -0.351 e. The SMILES string of the molecule is CC(=O)Nc1cccc2c1CCN(c1ncc(C(F)(F)F)cc1Cl)C2. The zero-order valence-corrected chi connectivity index (χ0v) is 14.1. The molecule has 0 spiro atoms. The van der Waals surface area contributed by atoms with Crippen molar-refractivity contribution in [1.82, 2.24) is 4.98 Å². The largest absolute Gasteiger partial charge is 0.417 e. The first-order valence-corrected chi connectivity index (χ1v) is 7.99. The van der Waals surface area contributed by atoms with E-state index < -0.39 is 11.7 Å². The van der Waals surface area contributed by atoms with Crippen molar-refractivity contribution in [3.05, 3.63) is 52.2 Å². The van der Waals surface area contributed by atoms with Crippen molar-refractivity contribution < 1.29 is 18.0 Å². The third-order valence-electron chi connectivity index (χ3n) is 4.03. The molecule has 3 rings (SSSR count). The Bertz CT molecular complexity index is 823. The highest BCUT2D eigenvalue weighted by atomic mass is 35.5. The standard InChI is InChI=1S/C17H15ClF3N3O/c1-10(25)23-15-4-2-3-11-9-24(6-5-13(11)15)16-14(18)7-12(8-22-16)17(19,20)21/h2-4,7-8H,5-6,9H2,1H3,(H,23,25). The Labute approximate surface area is 147 Å². The average molecular weight is 370 g/mol. The van der Waals surface area contributed by atoms with Gasteiger partial charge in [0.2, 0.25) is 5.91 Å². The van der Waals surface area contributed by atoms with Gasteiger partial charge in [0.1, 0.15) is 5.82 Å². The molecule has 1 aliphatic heterocycles. The fourth-order valence-electron chi connectivity index (χ4n) is 2.92. The molecule has 1 N–H and O–H groups in total. The summed E-state index contributed by atoms with van der Waals surface area (Å²) in [5.41, 5.74) is 1.90. The number of anilines is 2. The van der Waals surface area contributed by atoms with Crippen molar-refractivity contribution in [3.63, 3.8) is 0 Å². The van der Waals surface area contributed by atoms with Crippen LogP contribution in [0.1, 0.15) is 23.6 Å². The second-order valence-corrected chi connectivity index (χ2v) is 6.23. The van der Waals surface area contributed by atoms with Crippen molar-refractivity contribution in [3.8, 4) is 0 Å². The quantitative estimate of drug-likeness (QED) is 0.859. The molecule has 4 nitrogen and oxygen atoms in total. The topological polar surface area (TPSA) is 45.2 Å². The third kappa shape index (κ3) is 3.71. The molecule has 8 heteroatoms. The van der Waals surface area contributed by atoms with Gasteiger partial charge in [-0.05, 0) is 29.7 Å². The first-order chi connectivity index (χ1) is 11.8. The van der Waals surface area contributed by atoms with E-state index in [4.69, 9.17) is 11.6 Å². The molecule has 2 aromatic rings. The van der Waals surface area contributed by atoms with E-state index in [2.05, 4.69) is 10.3 Å². The fourth-order valence-corrected chi connectivity index (χ4v) is 3.20.